The molecule has 0 saturated carbocycles. The van der Waals surface area contributed by atoms with Crippen molar-refractivity contribution in [3.63, 3.8) is 0 Å². The predicted octanol–water partition coefficient (Wildman–Crippen LogP) is 0.962. The molecule has 2 unspecified atom stereocenters. The van der Waals surface area contributed by atoms with Crippen molar-refractivity contribution in [1.82, 2.24) is 10.2 Å². The second kappa shape index (κ2) is 7.67. The molecule has 2 atom stereocenters. The third-order valence-electron chi connectivity index (χ3n) is 3.80. The number of hydrogen-bond acceptors (Lipinski definition) is 3. The molecule has 0 aliphatic carbocycles. The second-order valence-electron chi connectivity index (χ2n) is 4.93. The van der Waals surface area contributed by atoms with E-state index in [1.165, 1.54) is 19.3 Å². The van der Waals surface area contributed by atoms with Crippen molar-refractivity contribution in [2.75, 3.05) is 26.2 Å². The van der Waals surface area contributed by atoms with Crippen LogP contribution in [-0.2, 0) is 4.79 Å². The molecule has 4 heteroatoms. The number of carbonyl (C=O) groups excluding carboxylic acids is 1. The monoisotopic (exact) mass is 241 g/mol. The highest BCUT2D eigenvalue weighted by atomic mass is 16.1. The van der Waals surface area contributed by atoms with Gasteiger partial charge in [-0.15, -0.1) is 0 Å². The summed E-state index contributed by atoms with van der Waals surface area (Å²) in [7, 11) is 0. The van der Waals surface area contributed by atoms with E-state index in [1.54, 1.807) is 0 Å². The zero-order valence-electron chi connectivity index (χ0n) is 11.2. The molecule has 0 aromatic heterocycles. The van der Waals surface area contributed by atoms with E-state index in [1.807, 2.05) is 6.92 Å². The van der Waals surface area contributed by atoms with E-state index in [0.717, 1.165) is 25.6 Å². The lowest BCUT2D eigenvalue weighted by Crippen LogP contribution is -2.47. The van der Waals surface area contributed by atoms with Crippen molar-refractivity contribution in [3.05, 3.63) is 0 Å². The number of nitrogens with zero attached hydrogens (tertiary/aromatic N) is 1. The fourth-order valence-corrected chi connectivity index (χ4v) is 2.62. The zero-order valence-corrected chi connectivity index (χ0v) is 11.2. The average Bonchev–Trinajstić information content (AvgIpc) is 2.36. The number of nitrogens with one attached hydrogen (secondary N) is 1. The normalized spacial score (nSPS) is 25.8. The Morgan fingerprint density at radius 1 is 1.47 bits per heavy atom. The predicted molar refractivity (Wildman–Crippen MR) is 70.7 cm³/mol. The van der Waals surface area contributed by atoms with Crippen LogP contribution in [0.3, 0.4) is 0 Å². The van der Waals surface area contributed by atoms with E-state index in [4.69, 9.17) is 5.73 Å². The minimum absolute atomic E-state index is 0.154. The van der Waals surface area contributed by atoms with Gasteiger partial charge in [-0.25, -0.2) is 0 Å². The summed E-state index contributed by atoms with van der Waals surface area (Å²) in [6.45, 7) is 7.59. The molecular weight excluding hydrogens is 214 g/mol. The number of hydrogen-bond donors (Lipinski definition) is 2. The number of rotatable bonds is 6. The Balaban J connectivity index is 2.34. The lowest BCUT2D eigenvalue weighted by Gasteiger charge is -2.38. The van der Waals surface area contributed by atoms with Gasteiger partial charge in [-0.1, -0.05) is 13.3 Å². The Labute approximate surface area is 105 Å². The summed E-state index contributed by atoms with van der Waals surface area (Å²) in [5.74, 6) is 0.977. The molecule has 0 aromatic carbocycles. The Morgan fingerprint density at radius 3 is 2.82 bits per heavy atom. The van der Waals surface area contributed by atoms with E-state index in [-0.39, 0.29) is 5.91 Å². The van der Waals surface area contributed by atoms with Gasteiger partial charge in [0.1, 0.15) is 0 Å². The van der Waals surface area contributed by atoms with Gasteiger partial charge in [-0.3, -0.25) is 9.69 Å². The topological polar surface area (TPSA) is 58.4 Å². The molecule has 100 valence electrons. The van der Waals surface area contributed by atoms with Crippen molar-refractivity contribution in [1.29, 1.82) is 0 Å². The van der Waals surface area contributed by atoms with Crippen LogP contribution in [0.15, 0.2) is 0 Å². The first-order valence-corrected chi connectivity index (χ1v) is 6.92. The summed E-state index contributed by atoms with van der Waals surface area (Å²) in [5, 5.41) is 2.84. The molecule has 1 saturated heterocycles. The van der Waals surface area contributed by atoms with E-state index in [9.17, 15) is 4.79 Å². The standard InChI is InChI=1S/C13H27N3O/c1-3-11-5-7-16(12(9-11)10-14)8-6-13(17)15-4-2/h11-12H,3-10,14H2,1-2H3,(H,15,17). The van der Waals surface area contributed by atoms with Crippen LogP contribution in [-0.4, -0.2) is 43.0 Å². The summed E-state index contributed by atoms with van der Waals surface area (Å²) < 4.78 is 0. The average molecular weight is 241 g/mol. The minimum atomic E-state index is 0.154. The van der Waals surface area contributed by atoms with Gasteiger partial charge in [0.2, 0.25) is 5.91 Å². The number of nitrogens with two attached hydrogens (primary N) is 1. The number of amides is 1. The van der Waals surface area contributed by atoms with Crippen molar-refractivity contribution >= 4 is 5.91 Å². The van der Waals surface area contributed by atoms with Crippen LogP contribution < -0.4 is 11.1 Å². The van der Waals surface area contributed by atoms with Crippen molar-refractivity contribution in [2.24, 2.45) is 11.7 Å². The number of piperidine rings is 1. The molecule has 1 rings (SSSR count). The molecule has 0 bridgehead atoms. The molecule has 3 N–H and O–H groups in total. The molecule has 0 spiro atoms. The van der Waals surface area contributed by atoms with E-state index in [0.29, 0.717) is 19.0 Å². The third kappa shape index (κ3) is 4.64. The van der Waals surface area contributed by atoms with Gasteiger partial charge in [0.15, 0.2) is 0 Å². The van der Waals surface area contributed by atoms with Crippen molar-refractivity contribution in [2.45, 2.75) is 45.6 Å². The molecule has 1 aliphatic heterocycles. The van der Waals surface area contributed by atoms with Crippen molar-refractivity contribution in [3.8, 4) is 0 Å². The highest BCUT2D eigenvalue weighted by Gasteiger charge is 2.26. The first-order chi connectivity index (χ1) is 8.21. The van der Waals surface area contributed by atoms with Crippen LogP contribution >= 0.6 is 0 Å². The van der Waals surface area contributed by atoms with Crippen LogP contribution in [0.25, 0.3) is 0 Å². The Kier molecular flexibility index (Phi) is 6.52. The summed E-state index contributed by atoms with van der Waals surface area (Å²) in [6, 6.07) is 0.475. The molecule has 0 aromatic rings. The second-order valence-corrected chi connectivity index (χ2v) is 4.93. The summed E-state index contributed by atoms with van der Waals surface area (Å²) in [6.07, 6.45) is 4.30. The van der Waals surface area contributed by atoms with Gasteiger partial charge < -0.3 is 11.1 Å². The van der Waals surface area contributed by atoms with Gasteiger partial charge >= 0.3 is 0 Å². The zero-order chi connectivity index (χ0) is 12.7. The highest BCUT2D eigenvalue weighted by molar-refractivity contribution is 5.75. The summed E-state index contributed by atoms with van der Waals surface area (Å²) >= 11 is 0. The lowest BCUT2D eigenvalue weighted by molar-refractivity contribution is -0.121. The molecule has 1 heterocycles. The maximum absolute atomic E-state index is 11.4. The SMILES string of the molecule is CCNC(=O)CCN1CCC(CC)CC1CN. The lowest BCUT2D eigenvalue weighted by atomic mass is 9.89. The smallest absolute Gasteiger partial charge is 0.221 e. The molecular formula is C13H27N3O. The molecule has 1 fully saturated rings. The quantitative estimate of drug-likeness (QED) is 0.728. The molecule has 1 amide bonds. The Morgan fingerprint density at radius 2 is 2.24 bits per heavy atom. The summed E-state index contributed by atoms with van der Waals surface area (Å²) in [5.41, 5.74) is 5.83. The highest BCUT2D eigenvalue weighted by Crippen LogP contribution is 2.24. The van der Waals surface area contributed by atoms with Gasteiger partial charge in [0, 0.05) is 32.1 Å². The Hall–Kier alpha value is -0.610. The van der Waals surface area contributed by atoms with E-state index >= 15 is 0 Å². The fourth-order valence-electron chi connectivity index (χ4n) is 2.62. The van der Waals surface area contributed by atoms with Gasteiger partial charge in [0.05, 0.1) is 0 Å². The Bertz CT molecular complexity index is 233. The number of carbonyl (C=O) groups is 1. The maximum Gasteiger partial charge on any atom is 0.221 e. The van der Waals surface area contributed by atoms with Gasteiger partial charge in [-0.2, -0.15) is 0 Å². The largest absolute Gasteiger partial charge is 0.356 e. The first-order valence-electron chi connectivity index (χ1n) is 6.92. The number of likely N-dealkylation sites (tertiary alicyclic amines) is 1. The van der Waals surface area contributed by atoms with Crippen molar-refractivity contribution < 1.29 is 4.79 Å². The molecule has 4 nitrogen and oxygen atoms in total. The third-order valence-corrected chi connectivity index (χ3v) is 3.80. The molecule has 0 radical (unpaired) electrons. The minimum Gasteiger partial charge on any atom is -0.356 e. The maximum atomic E-state index is 11.4. The van der Waals surface area contributed by atoms with Crippen LogP contribution in [0.1, 0.15) is 39.5 Å². The van der Waals surface area contributed by atoms with Crippen LogP contribution in [0.2, 0.25) is 0 Å². The van der Waals surface area contributed by atoms with Gasteiger partial charge in [-0.05, 0) is 32.2 Å². The summed E-state index contributed by atoms with van der Waals surface area (Å²) in [4.78, 5) is 13.8. The van der Waals surface area contributed by atoms with Crippen LogP contribution in [0.4, 0.5) is 0 Å². The van der Waals surface area contributed by atoms with Crippen LogP contribution in [0, 0.1) is 5.92 Å². The van der Waals surface area contributed by atoms with E-state index < -0.39 is 0 Å². The first kappa shape index (κ1) is 14.5. The van der Waals surface area contributed by atoms with Gasteiger partial charge in [0.25, 0.3) is 0 Å². The van der Waals surface area contributed by atoms with Crippen LogP contribution in [0.5, 0.6) is 0 Å². The fraction of sp³-hybridized carbons (Fsp3) is 0.923. The molecule has 1 aliphatic rings. The molecule has 17 heavy (non-hydrogen) atoms. The van der Waals surface area contributed by atoms with E-state index in [2.05, 4.69) is 17.1 Å².